The third kappa shape index (κ3) is 3.37. The molecule has 0 radical (unpaired) electrons. The van der Waals surface area contributed by atoms with Crippen LogP contribution in [0.4, 0.5) is 0 Å². The average Bonchev–Trinajstić information content (AvgIpc) is 3.26. The van der Waals surface area contributed by atoms with E-state index in [0.29, 0.717) is 0 Å². The fourth-order valence-electron chi connectivity index (χ4n) is 6.28. The molecule has 0 aromatic heterocycles. The molecule has 6 aromatic rings. The third-order valence-electron chi connectivity index (χ3n) is 7.86. The van der Waals surface area contributed by atoms with E-state index in [1.54, 1.807) is 0 Å². The van der Waals surface area contributed by atoms with Crippen molar-refractivity contribution in [1.82, 2.24) is 0 Å². The Hall–Kier alpha value is -4.13. The van der Waals surface area contributed by atoms with Gasteiger partial charge in [0.25, 0.3) is 0 Å². The Balaban J connectivity index is 1.58. The molecule has 0 saturated heterocycles. The summed E-state index contributed by atoms with van der Waals surface area (Å²) in [5.41, 5.74) is 9.89. The molecular weight excluding hydrogens is 468 g/mol. The van der Waals surface area contributed by atoms with Gasteiger partial charge in [-0.05, 0) is 67.8 Å². The van der Waals surface area contributed by atoms with Gasteiger partial charge in [-0.1, -0.05) is 145 Å². The molecule has 0 fully saturated rings. The van der Waals surface area contributed by atoms with Crippen molar-refractivity contribution in [3.8, 4) is 11.1 Å². The summed E-state index contributed by atoms with van der Waals surface area (Å²) in [5, 5.41) is 3.38. The van der Waals surface area contributed by atoms with Crippen LogP contribution in [0, 0.1) is 0 Å². The molecule has 0 heterocycles. The van der Waals surface area contributed by atoms with E-state index in [2.05, 4.69) is 127 Å². The fraction of sp³-hybridized carbons (Fsp3) is 0.0556. The predicted molar refractivity (Wildman–Crippen MR) is 156 cm³/mol. The van der Waals surface area contributed by atoms with Crippen LogP contribution in [0.2, 0.25) is 5.02 Å². The second-order valence-electron chi connectivity index (χ2n) is 9.84. The van der Waals surface area contributed by atoms with Crippen molar-refractivity contribution in [2.24, 2.45) is 0 Å². The summed E-state index contributed by atoms with van der Waals surface area (Å²) in [4.78, 5) is 0. The number of hydrogen-bond donors (Lipinski definition) is 0. The van der Waals surface area contributed by atoms with Crippen LogP contribution in [0.5, 0.6) is 0 Å². The minimum Gasteiger partial charge on any atom is -0.0840 e. The molecule has 0 nitrogen and oxygen atoms in total. The molecule has 0 unspecified atom stereocenters. The second kappa shape index (κ2) is 8.76. The Morgan fingerprint density at radius 2 is 1.19 bits per heavy atom. The minimum atomic E-state index is -0.409. The van der Waals surface area contributed by atoms with E-state index in [9.17, 15) is 0 Å². The quantitative estimate of drug-likeness (QED) is 0.229. The Morgan fingerprint density at radius 1 is 0.541 bits per heavy atom. The normalized spacial score (nSPS) is 13.3. The summed E-state index contributed by atoms with van der Waals surface area (Å²) < 4.78 is 0. The number of hydrogen-bond acceptors (Lipinski definition) is 0. The van der Waals surface area contributed by atoms with Crippen LogP contribution in [0.25, 0.3) is 21.9 Å². The number of rotatable bonds is 4. The third-order valence-corrected chi connectivity index (χ3v) is 8.23. The molecule has 0 aliphatic heterocycles. The first-order chi connectivity index (χ1) is 18.3. The van der Waals surface area contributed by atoms with E-state index < -0.39 is 5.41 Å². The van der Waals surface area contributed by atoms with Crippen LogP contribution in [0.1, 0.15) is 33.4 Å². The second-order valence-corrected chi connectivity index (χ2v) is 10.2. The van der Waals surface area contributed by atoms with Crippen molar-refractivity contribution in [3.63, 3.8) is 0 Å². The summed E-state index contributed by atoms with van der Waals surface area (Å²) in [5.74, 6) is 0. The molecule has 6 aromatic carbocycles. The summed E-state index contributed by atoms with van der Waals surface area (Å²) in [6.45, 7) is 0. The van der Waals surface area contributed by atoms with Gasteiger partial charge in [0.15, 0.2) is 0 Å². The fourth-order valence-corrected chi connectivity index (χ4v) is 6.48. The zero-order chi connectivity index (χ0) is 24.8. The van der Waals surface area contributed by atoms with Crippen molar-refractivity contribution >= 4 is 22.4 Å². The highest BCUT2D eigenvalue weighted by Gasteiger charge is 2.46. The van der Waals surface area contributed by atoms with Crippen molar-refractivity contribution in [3.05, 3.63) is 178 Å². The molecule has 0 amide bonds. The molecule has 1 aliphatic carbocycles. The molecule has 0 N–H and O–H groups in total. The van der Waals surface area contributed by atoms with Gasteiger partial charge in [0.2, 0.25) is 0 Å². The summed E-state index contributed by atoms with van der Waals surface area (Å²) >= 11 is 6.58. The van der Waals surface area contributed by atoms with E-state index in [1.165, 1.54) is 49.7 Å². The Morgan fingerprint density at radius 3 is 1.92 bits per heavy atom. The van der Waals surface area contributed by atoms with Crippen LogP contribution in [-0.4, -0.2) is 0 Å². The Kier molecular flexibility index (Phi) is 5.23. The molecule has 1 aliphatic rings. The van der Waals surface area contributed by atoms with Crippen molar-refractivity contribution in [1.29, 1.82) is 0 Å². The molecule has 37 heavy (non-hydrogen) atoms. The van der Waals surface area contributed by atoms with E-state index >= 15 is 0 Å². The van der Waals surface area contributed by atoms with E-state index in [4.69, 9.17) is 11.6 Å². The molecule has 0 atom stereocenters. The highest BCUT2D eigenvalue weighted by molar-refractivity contribution is 6.31. The van der Waals surface area contributed by atoms with Gasteiger partial charge >= 0.3 is 0 Å². The van der Waals surface area contributed by atoms with E-state index in [1.807, 2.05) is 12.1 Å². The van der Waals surface area contributed by atoms with Crippen LogP contribution >= 0.6 is 11.6 Å². The summed E-state index contributed by atoms with van der Waals surface area (Å²) in [7, 11) is 0. The molecule has 0 spiro atoms. The van der Waals surface area contributed by atoms with Gasteiger partial charge in [-0.25, -0.2) is 0 Å². The van der Waals surface area contributed by atoms with Gasteiger partial charge in [0.1, 0.15) is 0 Å². The smallest absolute Gasteiger partial charge is 0.0713 e. The van der Waals surface area contributed by atoms with Crippen LogP contribution < -0.4 is 0 Å². The Labute approximate surface area is 222 Å². The van der Waals surface area contributed by atoms with Gasteiger partial charge in [0, 0.05) is 5.02 Å². The molecule has 176 valence electrons. The van der Waals surface area contributed by atoms with Crippen LogP contribution in [-0.2, 0) is 11.8 Å². The zero-order valence-corrected chi connectivity index (χ0v) is 21.1. The lowest BCUT2D eigenvalue weighted by molar-refractivity contribution is 0.767. The van der Waals surface area contributed by atoms with Gasteiger partial charge in [-0.3, -0.25) is 0 Å². The zero-order valence-electron chi connectivity index (χ0n) is 20.4. The maximum Gasteiger partial charge on any atom is 0.0713 e. The lowest BCUT2D eigenvalue weighted by atomic mass is 9.67. The molecule has 0 saturated carbocycles. The van der Waals surface area contributed by atoms with Gasteiger partial charge < -0.3 is 0 Å². The van der Waals surface area contributed by atoms with E-state index in [0.717, 1.165) is 17.0 Å². The van der Waals surface area contributed by atoms with Gasteiger partial charge in [-0.2, -0.15) is 0 Å². The minimum absolute atomic E-state index is 0.409. The standard InChI is InChI=1S/C36H25Cl/c37-34-18-10-8-12-27(34)23-25-19-21-31-33(24-25)36(28-13-3-1-4-14-28,29-15-5-2-6-16-29)32-22-20-26-11-7-9-17-30(26)35(31)32/h1-22,24H,23H2. The highest BCUT2D eigenvalue weighted by atomic mass is 35.5. The van der Waals surface area contributed by atoms with Crippen molar-refractivity contribution in [2.45, 2.75) is 11.8 Å². The lowest BCUT2D eigenvalue weighted by Gasteiger charge is -2.34. The first kappa shape index (κ1) is 22.1. The van der Waals surface area contributed by atoms with Gasteiger partial charge in [-0.15, -0.1) is 0 Å². The molecular formula is C36H25Cl. The molecule has 1 heteroatoms. The maximum atomic E-state index is 6.58. The Bertz CT molecular complexity index is 1710. The van der Waals surface area contributed by atoms with Gasteiger partial charge in [0.05, 0.1) is 5.41 Å². The highest BCUT2D eigenvalue weighted by Crippen LogP contribution is 2.57. The first-order valence-electron chi connectivity index (χ1n) is 12.8. The number of fused-ring (bicyclic) bond motifs is 5. The number of benzene rings is 6. The van der Waals surface area contributed by atoms with Crippen molar-refractivity contribution in [2.75, 3.05) is 0 Å². The predicted octanol–water partition coefficient (Wildman–Crippen LogP) is 9.45. The van der Waals surface area contributed by atoms with Crippen molar-refractivity contribution < 1.29 is 0 Å². The largest absolute Gasteiger partial charge is 0.0840 e. The first-order valence-corrected chi connectivity index (χ1v) is 13.1. The average molecular weight is 493 g/mol. The van der Waals surface area contributed by atoms with Crippen LogP contribution in [0.3, 0.4) is 0 Å². The summed E-state index contributed by atoms with van der Waals surface area (Å²) in [6, 6.07) is 50.5. The lowest BCUT2D eigenvalue weighted by Crippen LogP contribution is -2.28. The monoisotopic (exact) mass is 492 g/mol. The van der Waals surface area contributed by atoms with E-state index in [-0.39, 0.29) is 0 Å². The molecule has 0 bridgehead atoms. The van der Waals surface area contributed by atoms with Crippen LogP contribution in [0.15, 0.2) is 140 Å². The number of halogens is 1. The maximum absolute atomic E-state index is 6.58. The topological polar surface area (TPSA) is 0 Å². The summed E-state index contributed by atoms with van der Waals surface area (Å²) in [6.07, 6.45) is 0.795. The molecule has 7 rings (SSSR count). The SMILES string of the molecule is Clc1ccccc1Cc1ccc2c(c1)C(c1ccccc1)(c1ccccc1)c1ccc3ccccc3c1-2.